The van der Waals surface area contributed by atoms with Crippen molar-refractivity contribution in [1.29, 1.82) is 5.26 Å². The zero-order valence-corrected chi connectivity index (χ0v) is 10.1. The van der Waals surface area contributed by atoms with Gasteiger partial charge in [-0.1, -0.05) is 6.92 Å². The Kier molecular flexibility index (Phi) is 4.52. The Bertz CT molecular complexity index is 445. The standard InChI is InChI=1S/C11H16N4O2/c1-3-8-9(13)10(15(2)14-8)11(16)17-7-5-4-6-12/h3-5,7,13H2,1-2H3. The number of nitrogens with zero attached hydrogens (tertiary/aromatic N) is 3. The quantitative estimate of drug-likeness (QED) is 0.608. The number of carbonyl (C=O) groups is 1. The van der Waals surface area contributed by atoms with Crippen LogP contribution in [0.2, 0.25) is 0 Å². The molecule has 0 atom stereocenters. The van der Waals surface area contributed by atoms with Crippen LogP contribution in [0.15, 0.2) is 0 Å². The minimum atomic E-state index is -0.491. The van der Waals surface area contributed by atoms with Gasteiger partial charge in [0.25, 0.3) is 0 Å². The number of nitrogen functional groups attached to an aromatic ring is 1. The van der Waals surface area contributed by atoms with Crippen LogP contribution in [0.4, 0.5) is 5.69 Å². The summed E-state index contributed by atoms with van der Waals surface area (Å²) < 4.78 is 6.45. The van der Waals surface area contributed by atoms with E-state index in [1.165, 1.54) is 4.68 Å². The van der Waals surface area contributed by atoms with Crippen LogP contribution in [0.1, 0.15) is 35.9 Å². The van der Waals surface area contributed by atoms with E-state index in [2.05, 4.69) is 5.10 Å². The fourth-order valence-electron chi connectivity index (χ4n) is 1.48. The molecule has 1 aromatic heterocycles. The zero-order chi connectivity index (χ0) is 12.8. The SMILES string of the molecule is CCc1nn(C)c(C(=O)OCCCC#N)c1N. The lowest BCUT2D eigenvalue weighted by molar-refractivity contribution is 0.0490. The molecule has 1 rings (SSSR count). The Hall–Kier alpha value is -2.03. The summed E-state index contributed by atoms with van der Waals surface area (Å²) in [6, 6.07) is 1.98. The highest BCUT2D eigenvalue weighted by Crippen LogP contribution is 2.17. The molecule has 0 saturated heterocycles. The van der Waals surface area contributed by atoms with Crippen molar-refractivity contribution in [3.63, 3.8) is 0 Å². The lowest BCUT2D eigenvalue weighted by Gasteiger charge is -2.04. The van der Waals surface area contributed by atoms with E-state index in [9.17, 15) is 4.79 Å². The minimum absolute atomic E-state index is 0.221. The molecule has 0 amide bonds. The summed E-state index contributed by atoms with van der Waals surface area (Å²) in [6.07, 6.45) is 1.57. The van der Waals surface area contributed by atoms with E-state index in [4.69, 9.17) is 15.7 Å². The van der Waals surface area contributed by atoms with Gasteiger partial charge in [-0.25, -0.2) is 4.79 Å². The second kappa shape index (κ2) is 5.89. The van der Waals surface area contributed by atoms with Gasteiger partial charge in [-0.3, -0.25) is 4.68 Å². The summed E-state index contributed by atoms with van der Waals surface area (Å²) >= 11 is 0. The van der Waals surface area contributed by atoms with Gasteiger partial charge in [-0.2, -0.15) is 10.4 Å². The molecule has 6 nitrogen and oxygen atoms in total. The minimum Gasteiger partial charge on any atom is -0.461 e. The van der Waals surface area contributed by atoms with Crippen molar-refractivity contribution < 1.29 is 9.53 Å². The topological polar surface area (TPSA) is 93.9 Å². The zero-order valence-electron chi connectivity index (χ0n) is 10.1. The van der Waals surface area contributed by atoms with Gasteiger partial charge >= 0.3 is 5.97 Å². The van der Waals surface area contributed by atoms with Crippen LogP contribution in [0.25, 0.3) is 0 Å². The van der Waals surface area contributed by atoms with Gasteiger partial charge in [-0.15, -0.1) is 0 Å². The molecule has 2 N–H and O–H groups in total. The highest BCUT2D eigenvalue weighted by molar-refractivity contribution is 5.93. The van der Waals surface area contributed by atoms with Gasteiger partial charge in [0, 0.05) is 13.5 Å². The highest BCUT2D eigenvalue weighted by Gasteiger charge is 2.20. The van der Waals surface area contributed by atoms with Crippen LogP contribution < -0.4 is 5.73 Å². The van der Waals surface area contributed by atoms with E-state index in [-0.39, 0.29) is 12.3 Å². The Labute approximate surface area is 100.0 Å². The van der Waals surface area contributed by atoms with Crippen molar-refractivity contribution >= 4 is 11.7 Å². The van der Waals surface area contributed by atoms with Crippen molar-refractivity contribution in [3.05, 3.63) is 11.4 Å². The van der Waals surface area contributed by atoms with E-state index in [1.54, 1.807) is 7.05 Å². The molecular weight excluding hydrogens is 220 g/mol. The van der Waals surface area contributed by atoms with Gasteiger partial charge in [-0.05, 0) is 12.8 Å². The third kappa shape index (κ3) is 2.97. The number of carbonyl (C=O) groups excluding carboxylic acids is 1. The fraction of sp³-hybridized carbons (Fsp3) is 0.545. The third-order valence-corrected chi connectivity index (χ3v) is 2.35. The maximum absolute atomic E-state index is 11.7. The highest BCUT2D eigenvalue weighted by atomic mass is 16.5. The van der Waals surface area contributed by atoms with Crippen molar-refractivity contribution in [1.82, 2.24) is 9.78 Å². The van der Waals surface area contributed by atoms with Gasteiger partial charge in [0.15, 0.2) is 5.69 Å². The average Bonchev–Trinajstić information content (AvgIpc) is 2.59. The van der Waals surface area contributed by atoms with E-state index in [0.717, 1.165) is 0 Å². The van der Waals surface area contributed by atoms with E-state index in [1.807, 2.05) is 13.0 Å². The van der Waals surface area contributed by atoms with Crippen LogP contribution in [-0.2, 0) is 18.2 Å². The Morgan fingerprint density at radius 1 is 1.65 bits per heavy atom. The largest absolute Gasteiger partial charge is 0.461 e. The van der Waals surface area contributed by atoms with Gasteiger partial charge in [0.1, 0.15) is 0 Å². The number of rotatable bonds is 5. The number of unbranched alkanes of at least 4 members (excludes halogenated alkanes) is 1. The smallest absolute Gasteiger partial charge is 0.358 e. The van der Waals surface area contributed by atoms with Crippen molar-refractivity contribution in [2.75, 3.05) is 12.3 Å². The van der Waals surface area contributed by atoms with Crippen molar-refractivity contribution in [2.24, 2.45) is 7.05 Å². The predicted molar refractivity (Wildman–Crippen MR) is 62.1 cm³/mol. The molecule has 0 aliphatic rings. The molecule has 17 heavy (non-hydrogen) atoms. The van der Waals surface area contributed by atoms with Crippen LogP contribution in [0, 0.1) is 11.3 Å². The number of ether oxygens (including phenoxy) is 1. The number of hydrogen-bond donors (Lipinski definition) is 1. The number of aryl methyl sites for hydroxylation is 2. The first-order valence-electron chi connectivity index (χ1n) is 5.47. The number of esters is 1. The molecule has 0 spiro atoms. The third-order valence-electron chi connectivity index (χ3n) is 2.35. The molecule has 0 unspecified atom stereocenters. The van der Waals surface area contributed by atoms with Gasteiger partial charge in [0.2, 0.25) is 0 Å². The van der Waals surface area contributed by atoms with Crippen LogP contribution in [0.5, 0.6) is 0 Å². The lowest BCUT2D eigenvalue weighted by atomic mass is 10.2. The van der Waals surface area contributed by atoms with E-state index < -0.39 is 5.97 Å². The summed E-state index contributed by atoms with van der Waals surface area (Å²) in [4.78, 5) is 11.7. The first-order valence-corrected chi connectivity index (χ1v) is 5.47. The predicted octanol–water partition coefficient (Wildman–Crippen LogP) is 1.03. The molecular formula is C11H16N4O2. The molecule has 0 aliphatic carbocycles. The summed E-state index contributed by atoms with van der Waals surface area (Å²) in [7, 11) is 1.65. The molecule has 0 aliphatic heterocycles. The Morgan fingerprint density at radius 3 is 2.88 bits per heavy atom. The first-order chi connectivity index (χ1) is 8.11. The monoisotopic (exact) mass is 236 g/mol. The molecule has 1 heterocycles. The van der Waals surface area contributed by atoms with E-state index >= 15 is 0 Å². The summed E-state index contributed by atoms with van der Waals surface area (Å²) in [6.45, 7) is 2.14. The Morgan fingerprint density at radius 2 is 2.35 bits per heavy atom. The van der Waals surface area contributed by atoms with E-state index in [0.29, 0.717) is 30.6 Å². The molecule has 0 aromatic carbocycles. The van der Waals surface area contributed by atoms with Crippen molar-refractivity contribution in [3.8, 4) is 6.07 Å². The number of aromatic nitrogens is 2. The number of anilines is 1. The molecule has 6 heteroatoms. The first kappa shape index (κ1) is 13.0. The fourth-order valence-corrected chi connectivity index (χ4v) is 1.48. The second-order valence-electron chi connectivity index (χ2n) is 3.58. The summed E-state index contributed by atoms with van der Waals surface area (Å²) in [5.41, 5.74) is 7.15. The molecule has 92 valence electrons. The normalized spacial score (nSPS) is 9.94. The summed E-state index contributed by atoms with van der Waals surface area (Å²) in [5, 5.41) is 12.5. The summed E-state index contributed by atoms with van der Waals surface area (Å²) in [5.74, 6) is -0.491. The van der Waals surface area contributed by atoms with Crippen LogP contribution >= 0.6 is 0 Å². The maximum atomic E-state index is 11.7. The van der Waals surface area contributed by atoms with Crippen molar-refractivity contribution in [2.45, 2.75) is 26.2 Å². The molecule has 0 radical (unpaired) electrons. The average molecular weight is 236 g/mol. The second-order valence-corrected chi connectivity index (χ2v) is 3.58. The van der Waals surface area contributed by atoms with Gasteiger partial charge in [0.05, 0.1) is 24.1 Å². The molecule has 0 saturated carbocycles. The maximum Gasteiger partial charge on any atom is 0.358 e. The van der Waals surface area contributed by atoms with Crippen LogP contribution in [-0.4, -0.2) is 22.4 Å². The molecule has 0 fully saturated rings. The number of nitriles is 1. The molecule has 1 aromatic rings. The Balaban J connectivity index is 2.69. The van der Waals surface area contributed by atoms with Gasteiger partial charge < -0.3 is 10.5 Å². The molecule has 0 bridgehead atoms. The van der Waals surface area contributed by atoms with Crippen LogP contribution in [0.3, 0.4) is 0 Å². The number of nitrogens with two attached hydrogens (primary N) is 1. The number of hydrogen-bond acceptors (Lipinski definition) is 5. The lowest BCUT2D eigenvalue weighted by Crippen LogP contribution is -2.13.